The molecule has 0 aliphatic heterocycles. The second-order valence-corrected chi connectivity index (χ2v) is 7.49. The number of hydrogen-bond donors (Lipinski definition) is 1. The van der Waals surface area contributed by atoms with Crippen molar-refractivity contribution in [1.29, 1.82) is 0 Å². The minimum Gasteiger partial charge on any atom is -0.497 e. The number of nitrogens with zero attached hydrogens (tertiary/aromatic N) is 2. The molecule has 2 aromatic carbocycles. The summed E-state index contributed by atoms with van der Waals surface area (Å²) in [6.45, 7) is 1.39. The molecule has 1 aromatic heterocycles. The van der Waals surface area contributed by atoms with Crippen LogP contribution in [0.4, 0.5) is 5.13 Å². The molecule has 7 heteroatoms. The Labute approximate surface area is 162 Å². The molecular weight excluding hydrogens is 362 g/mol. The summed E-state index contributed by atoms with van der Waals surface area (Å²) in [6, 6.07) is 13.0. The molecule has 142 valence electrons. The number of benzene rings is 2. The molecule has 1 heterocycles. The normalized spacial score (nSPS) is 11.0. The van der Waals surface area contributed by atoms with Crippen molar-refractivity contribution in [3.8, 4) is 11.5 Å². The van der Waals surface area contributed by atoms with Crippen molar-refractivity contribution in [2.45, 2.75) is 0 Å². The fraction of sp³-hybridized carbons (Fsp3) is 0.300. The summed E-state index contributed by atoms with van der Waals surface area (Å²) in [4.78, 5) is 20.9. The van der Waals surface area contributed by atoms with E-state index in [1.54, 1.807) is 31.3 Å². The number of anilines is 1. The van der Waals surface area contributed by atoms with Gasteiger partial charge in [-0.15, -0.1) is 0 Å². The van der Waals surface area contributed by atoms with Crippen LogP contribution in [0, 0.1) is 0 Å². The van der Waals surface area contributed by atoms with Gasteiger partial charge in [-0.2, -0.15) is 0 Å². The van der Waals surface area contributed by atoms with Crippen molar-refractivity contribution in [3.63, 3.8) is 0 Å². The van der Waals surface area contributed by atoms with Crippen LogP contribution >= 0.6 is 11.3 Å². The van der Waals surface area contributed by atoms with Crippen molar-refractivity contribution in [3.05, 3.63) is 48.0 Å². The summed E-state index contributed by atoms with van der Waals surface area (Å²) in [5.41, 5.74) is 1.44. The predicted octanol–water partition coefficient (Wildman–Crippen LogP) is 2.10. The Morgan fingerprint density at radius 2 is 1.85 bits per heavy atom. The second-order valence-electron chi connectivity index (χ2n) is 6.48. The average Bonchev–Trinajstić information content (AvgIpc) is 3.10. The Hall–Kier alpha value is -2.64. The van der Waals surface area contributed by atoms with Crippen LogP contribution < -0.4 is 19.3 Å². The maximum atomic E-state index is 13.2. The number of carbonyl (C=O) groups is 1. The van der Waals surface area contributed by atoms with Crippen molar-refractivity contribution in [2.75, 3.05) is 46.3 Å². The van der Waals surface area contributed by atoms with Gasteiger partial charge in [-0.05, 0) is 36.4 Å². The lowest BCUT2D eigenvalue weighted by atomic mass is 10.2. The molecule has 0 bridgehead atoms. The molecule has 6 nitrogen and oxygen atoms in total. The van der Waals surface area contributed by atoms with Gasteiger partial charge in [0.2, 0.25) is 0 Å². The van der Waals surface area contributed by atoms with Crippen molar-refractivity contribution in [1.82, 2.24) is 4.98 Å². The van der Waals surface area contributed by atoms with Crippen LogP contribution in [0.25, 0.3) is 10.2 Å². The molecule has 27 heavy (non-hydrogen) atoms. The first-order valence-corrected chi connectivity index (χ1v) is 9.53. The quantitative estimate of drug-likeness (QED) is 0.676. The van der Waals surface area contributed by atoms with Gasteiger partial charge in [0.1, 0.15) is 11.5 Å². The Morgan fingerprint density at radius 3 is 2.56 bits per heavy atom. The fourth-order valence-corrected chi connectivity index (χ4v) is 3.69. The molecule has 0 saturated heterocycles. The zero-order valence-corrected chi connectivity index (χ0v) is 16.8. The third-order valence-electron chi connectivity index (χ3n) is 4.21. The second kappa shape index (κ2) is 8.37. The van der Waals surface area contributed by atoms with E-state index in [-0.39, 0.29) is 5.91 Å². The third-order valence-corrected chi connectivity index (χ3v) is 5.25. The summed E-state index contributed by atoms with van der Waals surface area (Å²) >= 11 is 1.49. The van der Waals surface area contributed by atoms with E-state index < -0.39 is 0 Å². The zero-order valence-electron chi connectivity index (χ0n) is 16.0. The number of hydrogen-bond acceptors (Lipinski definition) is 5. The Balaban J connectivity index is 1.98. The summed E-state index contributed by atoms with van der Waals surface area (Å²) in [7, 11) is 7.37. The van der Waals surface area contributed by atoms with Crippen LogP contribution in [0.2, 0.25) is 0 Å². The van der Waals surface area contributed by atoms with Crippen molar-refractivity contribution >= 4 is 32.6 Å². The molecule has 0 saturated carbocycles. The minimum absolute atomic E-state index is 0.0822. The first-order chi connectivity index (χ1) is 13.0. The van der Waals surface area contributed by atoms with E-state index in [9.17, 15) is 4.79 Å². The highest BCUT2D eigenvalue weighted by Crippen LogP contribution is 2.32. The number of ether oxygens (including phenoxy) is 2. The molecular formula is C20H24N3O3S+. The number of fused-ring (bicyclic) bond motifs is 1. The monoisotopic (exact) mass is 386 g/mol. The SMILES string of the molecule is COc1cccc(C(=O)N(CC[NH+](C)C)c2nc3ccc(OC)cc3s2)c1. The number of amides is 1. The number of nitrogens with one attached hydrogen (secondary N) is 1. The molecule has 0 spiro atoms. The van der Waals surface area contributed by atoms with Crippen molar-refractivity contribution in [2.24, 2.45) is 0 Å². The molecule has 0 fully saturated rings. The number of methoxy groups -OCH3 is 2. The van der Waals surface area contributed by atoms with Gasteiger partial charge in [0.05, 0.1) is 51.6 Å². The van der Waals surface area contributed by atoms with E-state index in [0.717, 1.165) is 22.5 Å². The Kier molecular flexibility index (Phi) is 5.93. The molecule has 0 aliphatic carbocycles. The number of aromatic nitrogens is 1. The average molecular weight is 386 g/mol. The Morgan fingerprint density at radius 1 is 1.11 bits per heavy atom. The van der Waals surface area contributed by atoms with Gasteiger partial charge in [-0.1, -0.05) is 17.4 Å². The largest absolute Gasteiger partial charge is 0.497 e. The maximum Gasteiger partial charge on any atom is 0.260 e. The number of thiazole rings is 1. The van der Waals surface area contributed by atoms with Gasteiger partial charge in [0.25, 0.3) is 5.91 Å². The number of likely N-dealkylation sites (N-methyl/N-ethyl adjacent to an activating group) is 1. The summed E-state index contributed by atoms with van der Waals surface area (Å²) < 4.78 is 11.5. The molecule has 1 N–H and O–H groups in total. The van der Waals surface area contributed by atoms with Crippen LogP contribution in [0.15, 0.2) is 42.5 Å². The molecule has 0 unspecified atom stereocenters. The van der Waals surface area contributed by atoms with Gasteiger partial charge in [0, 0.05) is 5.56 Å². The fourth-order valence-electron chi connectivity index (χ4n) is 2.67. The van der Waals surface area contributed by atoms with E-state index >= 15 is 0 Å². The molecule has 1 amide bonds. The summed E-state index contributed by atoms with van der Waals surface area (Å²) in [5.74, 6) is 1.36. The highest BCUT2D eigenvalue weighted by molar-refractivity contribution is 7.22. The topological polar surface area (TPSA) is 56.1 Å². The van der Waals surface area contributed by atoms with Crippen LogP contribution in [0.5, 0.6) is 11.5 Å². The lowest BCUT2D eigenvalue weighted by Crippen LogP contribution is -3.06. The van der Waals surface area contributed by atoms with Crippen LogP contribution in [-0.4, -0.2) is 52.3 Å². The van der Waals surface area contributed by atoms with Crippen LogP contribution in [0.3, 0.4) is 0 Å². The predicted molar refractivity (Wildman–Crippen MR) is 109 cm³/mol. The molecule has 0 radical (unpaired) electrons. The molecule has 0 atom stereocenters. The van der Waals surface area contributed by atoms with Gasteiger partial charge < -0.3 is 14.4 Å². The van der Waals surface area contributed by atoms with Gasteiger partial charge in [0.15, 0.2) is 5.13 Å². The molecule has 0 aliphatic rings. The minimum atomic E-state index is -0.0822. The highest BCUT2D eigenvalue weighted by Gasteiger charge is 2.22. The van der Waals surface area contributed by atoms with Gasteiger partial charge in [-0.3, -0.25) is 9.69 Å². The van der Waals surface area contributed by atoms with E-state index in [4.69, 9.17) is 9.47 Å². The molecule has 3 rings (SSSR count). The summed E-state index contributed by atoms with van der Waals surface area (Å²) in [5, 5.41) is 0.687. The van der Waals surface area contributed by atoms with Gasteiger partial charge in [-0.25, -0.2) is 4.98 Å². The number of carbonyl (C=O) groups excluding carboxylic acids is 1. The first kappa shape index (κ1) is 19.1. The smallest absolute Gasteiger partial charge is 0.260 e. The van der Waals surface area contributed by atoms with Crippen molar-refractivity contribution < 1.29 is 19.2 Å². The zero-order chi connectivity index (χ0) is 19.4. The lowest BCUT2D eigenvalue weighted by molar-refractivity contribution is -0.856. The van der Waals surface area contributed by atoms with E-state index in [1.807, 2.05) is 30.3 Å². The highest BCUT2D eigenvalue weighted by atomic mass is 32.1. The standard InChI is InChI=1S/C20H23N3O3S/c1-22(2)10-11-23(19(24)14-6-5-7-15(12-14)25-3)20-21-17-9-8-16(26-4)13-18(17)27-20/h5-9,12-13H,10-11H2,1-4H3/p+1. The Bertz CT molecular complexity index is 939. The number of quaternary nitrogens is 1. The van der Waals surface area contributed by atoms with E-state index in [0.29, 0.717) is 23.0 Å². The van der Waals surface area contributed by atoms with E-state index in [2.05, 4.69) is 19.1 Å². The summed E-state index contributed by atoms with van der Waals surface area (Å²) in [6.07, 6.45) is 0. The lowest BCUT2D eigenvalue weighted by Gasteiger charge is -2.21. The van der Waals surface area contributed by atoms with Crippen LogP contribution in [-0.2, 0) is 0 Å². The van der Waals surface area contributed by atoms with E-state index in [1.165, 1.54) is 16.2 Å². The third kappa shape index (κ3) is 4.37. The number of rotatable bonds is 7. The van der Waals surface area contributed by atoms with Gasteiger partial charge >= 0.3 is 0 Å². The first-order valence-electron chi connectivity index (χ1n) is 8.71. The van der Waals surface area contributed by atoms with Crippen LogP contribution in [0.1, 0.15) is 10.4 Å². The molecule has 3 aromatic rings. The maximum absolute atomic E-state index is 13.2.